The van der Waals surface area contributed by atoms with E-state index in [1.165, 1.54) is 20.3 Å². The van der Waals surface area contributed by atoms with Crippen LogP contribution < -0.4 is 25.8 Å². The average molecular weight is 432 g/mol. The summed E-state index contributed by atoms with van der Waals surface area (Å²) >= 11 is 6.16. The van der Waals surface area contributed by atoms with Gasteiger partial charge in [0.05, 0.1) is 30.5 Å². The monoisotopic (exact) mass is 431 g/mol. The van der Waals surface area contributed by atoms with Gasteiger partial charge in [-0.15, -0.1) is 0 Å². The maximum Gasteiger partial charge on any atom is 0.253 e. The van der Waals surface area contributed by atoms with E-state index in [0.717, 1.165) is 0 Å². The minimum absolute atomic E-state index is 0.0247. The van der Waals surface area contributed by atoms with Crippen molar-refractivity contribution in [1.82, 2.24) is 5.32 Å². The Morgan fingerprint density at radius 1 is 1.13 bits per heavy atom. The zero-order chi connectivity index (χ0) is 22.1. The molecule has 2 aromatic carbocycles. The third-order valence-corrected chi connectivity index (χ3v) is 4.25. The summed E-state index contributed by atoms with van der Waals surface area (Å²) in [4.78, 5) is 35.4. The topological polar surface area (TPSA) is 120 Å². The molecule has 0 atom stereocenters. The summed E-state index contributed by atoms with van der Waals surface area (Å²) in [5.41, 5.74) is 6.28. The van der Waals surface area contributed by atoms with E-state index < -0.39 is 17.7 Å². The smallest absolute Gasteiger partial charge is 0.253 e. The predicted molar refractivity (Wildman–Crippen MR) is 115 cm³/mol. The number of carbonyl (C=O) groups is 3. The van der Waals surface area contributed by atoms with Crippen LogP contribution in [0, 0.1) is 0 Å². The molecule has 0 aliphatic carbocycles. The first-order valence-corrected chi connectivity index (χ1v) is 9.29. The van der Waals surface area contributed by atoms with Gasteiger partial charge in [-0.3, -0.25) is 14.4 Å². The Morgan fingerprint density at radius 3 is 2.53 bits per heavy atom. The second kappa shape index (κ2) is 10.9. The molecule has 0 spiro atoms. The first-order valence-electron chi connectivity index (χ1n) is 8.91. The van der Waals surface area contributed by atoms with Gasteiger partial charge >= 0.3 is 0 Å². The van der Waals surface area contributed by atoms with Crippen molar-refractivity contribution < 1.29 is 23.9 Å². The van der Waals surface area contributed by atoms with Crippen molar-refractivity contribution in [3.8, 4) is 11.5 Å². The van der Waals surface area contributed by atoms with Gasteiger partial charge in [0.2, 0.25) is 11.8 Å². The molecule has 2 rings (SSSR count). The lowest BCUT2D eigenvalue weighted by Gasteiger charge is -2.11. The summed E-state index contributed by atoms with van der Waals surface area (Å²) in [6.07, 6.45) is 2.88. The number of amides is 3. The normalized spacial score (nSPS) is 10.5. The molecular weight excluding hydrogens is 410 g/mol. The zero-order valence-corrected chi connectivity index (χ0v) is 17.3. The third kappa shape index (κ3) is 6.25. The number of primary amides is 1. The number of hydrogen-bond donors (Lipinski definition) is 3. The molecular formula is C21H22ClN3O5. The van der Waals surface area contributed by atoms with Gasteiger partial charge in [0.25, 0.3) is 5.91 Å². The highest BCUT2D eigenvalue weighted by Gasteiger charge is 2.13. The van der Waals surface area contributed by atoms with E-state index in [4.69, 9.17) is 26.8 Å². The van der Waals surface area contributed by atoms with Crippen molar-refractivity contribution in [3.05, 3.63) is 58.6 Å². The van der Waals surface area contributed by atoms with Crippen LogP contribution in [-0.2, 0) is 9.59 Å². The van der Waals surface area contributed by atoms with Gasteiger partial charge < -0.3 is 25.8 Å². The van der Waals surface area contributed by atoms with Crippen LogP contribution in [0.5, 0.6) is 11.5 Å². The summed E-state index contributed by atoms with van der Waals surface area (Å²) in [7, 11) is 2.97. The maximum absolute atomic E-state index is 12.3. The Labute approximate surface area is 179 Å². The molecule has 2 aromatic rings. The number of benzene rings is 2. The highest BCUT2D eigenvalue weighted by molar-refractivity contribution is 6.32. The van der Waals surface area contributed by atoms with Crippen LogP contribution >= 0.6 is 11.6 Å². The highest BCUT2D eigenvalue weighted by Crippen LogP contribution is 2.36. The standard InChI is InChI=1S/C21H22ClN3O5/c1-29-17-12-13(11-15(22)20(17)30-2)7-8-19(27)25-16-6-4-3-5-14(16)21(28)24-10-9-18(23)26/h3-8,11-12H,9-10H2,1-2H3,(H2,23,26)(H,24,28)(H,25,27)/b8-7+. The molecule has 8 nitrogen and oxygen atoms in total. The SMILES string of the molecule is COc1cc(/C=C/C(=O)Nc2ccccc2C(=O)NCCC(N)=O)cc(Cl)c1OC. The maximum atomic E-state index is 12.3. The number of carbonyl (C=O) groups excluding carboxylic acids is 3. The number of methoxy groups -OCH3 is 2. The lowest BCUT2D eigenvalue weighted by molar-refractivity contribution is -0.118. The minimum Gasteiger partial charge on any atom is -0.493 e. The van der Waals surface area contributed by atoms with Crippen LogP contribution in [0.3, 0.4) is 0 Å². The second-order valence-electron chi connectivity index (χ2n) is 6.08. The van der Waals surface area contributed by atoms with Gasteiger partial charge in [-0.2, -0.15) is 0 Å². The molecule has 0 unspecified atom stereocenters. The fourth-order valence-electron chi connectivity index (χ4n) is 2.56. The Bertz CT molecular complexity index is 975. The summed E-state index contributed by atoms with van der Waals surface area (Å²) in [6.45, 7) is 0.108. The predicted octanol–water partition coefficient (Wildman–Crippen LogP) is 2.61. The molecule has 0 heterocycles. The van der Waals surface area contributed by atoms with Gasteiger partial charge in [0.15, 0.2) is 11.5 Å². The molecule has 158 valence electrons. The number of rotatable bonds is 9. The lowest BCUT2D eigenvalue weighted by atomic mass is 10.1. The summed E-state index contributed by atoms with van der Waals surface area (Å²) < 4.78 is 10.4. The molecule has 0 saturated carbocycles. The summed E-state index contributed by atoms with van der Waals surface area (Å²) in [6, 6.07) is 9.82. The van der Waals surface area contributed by atoms with Gasteiger partial charge in [-0.1, -0.05) is 23.7 Å². The van der Waals surface area contributed by atoms with E-state index >= 15 is 0 Å². The van der Waals surface area contributed by atoms with Crippen LogP contribution in [0.25, 0.3) is 6.08 Å². The summed E-state index contributed by atoms with van der Waals surface area (Å²) in [5, 5.41) is 5.58. The Kier molecular flexibility index (Phi) is 8.25. The van der Waals surface area contributed by atoms with Crippen LogP contribution in [-0.4, -0.2) is 38.5 Å². The van der Waals surface area contributed by atoms with E-state index in [1.54, 1.807) is 42.5 Å². The molecule has 9 heteroatoms. The summed E-state index contributed by atoms with van der Waals surface area (Å²) in [5.74, 6) is -0.557. The molecule has 0 bridgehead atoms. The van der Waals surface area contributed by atoms with E-state index in [0.29, 0.717) is 27.8 Å². The van der Waals surface area contributed by atoms with Crippen molar-refractivity contribution in [3.63, 3.8) is 0 Å². The lowest BCUT2D eigenvalue weighted by Crippen LogP contribution is -2.28. The number of para-hydroxylation sites is 1. The van der Waals surface area contributed by atoms with Gasteiger partial charge in [0.1, 0.15) is 0 Å². The van der Waals surface area contributed by atoms with Crippen molar-refractivity contribution in [2.75, 3.05) is 26.1 Å². The molecule has 0 aromatic heterocycles. The van der Waals surface area contributed by atoms with E-state index in [9.17, 15) is 14.4 Å². The fourth-order valence-corrected chi connectivity index (χ4v) is 2.86. The third-order valence-electron chi connectivity index (χ3n) is 3.97. The van der Waals surface area contributed by atoms with Crippen molar-refractivity contribution in [1.29, 1.82) is 0 Å². The van der Waals surface area contributed by atoms with Crippen LogP contribution in [0.4, 0.5) is 5.69 Å². The van der Waals surface area contributed by atoms with Crippen molar-refractivity contribution >= 4 is 41.1 Å². The Morgan fingerprint density at radius 2 is 1.87 bits per heavy atom. The van der Waals surface area contributed by atoms with Crippen molar-refractivity contribution in [2.45, 2.75) is 6.42 Å². The van der Waals surface area contributed by atoms with Crippen LogP contribution in [0.1, 0.15) is 22.3 Å². The van der Waals surface area contributed by atoms with Gasteiger partial charge in [-0.05, 0) is 35.9 Å². The van der Waals surface area contributed by atoms with E-state index in [2.05, 4.69) is 10.6 Å². The first kappa shape index (κ1) is 22.8. The fraction of sp³-hybridized carbons (Fsp3) is 0.190. The molecule has 0 saturated heterocycles. The molecule has 0 radical (unpaired) electrons. The van der Waals surface area contributed by atoms with Gasteiger partial charge in [-0.25, -0.2) is 0 Å². The number of nitrogens with two attached hydrogens (primary N) is 1. The number of ether oxygens (including phenoxy) is 2. The second-order valence-corrected chi connectivity index (χ2v) is 6.49. The first-order chi connectivity index (χ1) is 14.3. The van der Waals surface area contributed by atoms with Crippen molar-refractivity contribution in [2.24, 2.45) is 5.73 Å². The zero-order valence-electron chi connectivity index (χ0n) is 16.5. The van der Waals surface area contributed by atoms with Gasteiger partial charge in [0, 0.05) is 19.0 Å². The largest absolute Gasteiger partial charge is 0.493 e. The molecule has 0 aliphatic rings. The number of nitrogens with one attached hydrogen (secondary N) is 2. The number of halogens is 1. The quantitative estimate of drug-likeness (QED) is 0.527. The van der Waals surface area contributed by atoms with Crippen LogP contribution in [0.2, 0.25) is 5.02 Å². The molecule has 30 heavy (non-hydrogen) atoms. The number of anilines is 1. The Hall–Kier alpha value is -3.52. The Balaban J connectivity index is 2.11. The molecule has 3 amide bonds. The van der Waals surface area contributed by atoms with E-state index in [1.807, 2.05) is 0 Å². The number of hydrogen-bond acceptors (Lipinski definition) is 5. The average Bonchev–Trinajstić information content (AvgIpc) is 2.71. The molecule has 0 aliphatic heterocycles. The van der Waals surface area contributed by atoms with Crippen LogP contribution in [0.15, 0.2) is 42.5 Å². The van der Waals surface area contributed by atoms with E-state index in [-0.39, 0.29) is 18.5 Å². The highest BCUT2D eigenvalue weighted by atomic mass is 35.5. The molecule has 4 N–H and O–H groups in total. The minimum atomic E-state index is -0.516. The molecule has 0 fully saturated rings.